The molecular weight excluding hydrogens is 441 g/mol. The van der Waals surface area contributed by atoms with Crippen molar-refractivity contribution in [3.8, 4) is 0 Å². The Labute approximate surface area is 164 Å². The van der Waals surface area contributed by atoms with Crippen LogP contribution in [-0.4, -0.2) is 58.7 Å². The Hall–Kier alpha value is -0.0900. The maximum atomic E-state index is 11.1. The molecule has 1 saturated carbocycles. The van der Waals surface area contributed by atoms with E-state index in [1.54, 1.807) is 0 Å². The minimum Gasteiger partial charge on any atom is -0.376 e. The molecule has 0 aromatic rings. The molecule has 0 unspecified atom stereocenters. The first-order valence-corrected chi connectivity index (χ1v) is 10.9. The van der Waals surface area contributed by atoms with E-state index in [-0.39, 0.29) is 29.7 Å². The van der Waals surface area contributed by atoms with Crippen molar-refractivity contribution in [1.82, 2.24) is 10.6 Å². The normalized spacial score (nSPS) is 17.0. The first kappa shape index (κ1) is 23.9. The molecule has 8 heteroatoms. The van der Waals surface area contributed by atoms with Crippen molar-refractivity contribution in [3.63, 3.8) is 0 Å². The lowest BCUT2D eigenvalue weighted by Crippen LogP contribution is -2.39. The van der Waals surface area contributed by atoms with Crippen LogP contribution >= 0.6 is 24.0 Å². The van der Waals surface area contributed by atoms with Gasteiger partial charge in [0.1, 0.15) is 9.84 Å². The van der Waals surface area contributed by atoms with E-state index in [1.165, 1.54) is 44.8 Å². The summed E-state index contributed by atoms with van der Waals surface area (Å²) in [6.07, 6.45) is 9.81. The molecule has 0 saturated heterocycles. The summed E-state index contributed by atoms with van der Waals surface area (Å²) in [6, 6.07) is 0. The van der Waals surface area contributed by atoms with Crippen molar-refractivity contribution >= 4 is 39.8 Å². The molecule has 0 heterocycles. The van der Waals surface area contributed by atoms with Gasteiger partial charge < -0.3 is 15.4 Å². The van der Waals surface area contributed by atoms with Crippen LogP contribution in [0.1, 0.15) is 51.9 Å². The zero-order valence-electron chi connectivity index (χ0n) is 15.1. The molecule has 0 atom stereocenters. The highest BCUT2D eigenvalue weighted by atomic mass is 127. The number of hydrogen-bond acceptors (Lipinski definition) is 4. The van der Waals surface area contributed by atoms with E-state index >= 15 is 0 Å². The lowest BCUT2D eigenvalue weighted by molar-refractivity contribution is 0.0468. The van der Waals surface area contributed by atoms with Crippen molar-refractivity contribution in [2.75, 3.05) is 38.2 Å². The van der Waals surface area contributed by atoms with Crippen LogP contribution in [0.15, 0.2) is 4.99 Å². The van der Waals surface area contributed by atoms with Crippen molar-refractivity contribution in [3.05, 3.63) is 0 Å². The van der Waals surface area contributed by atoms with Gasteiger partial charge in [0, 0.05) is 25.9 Å². The predicted molar refractivity (Wildman–Crippen MR) is 111 cm³/mol. The zero-order valence-corrected chi connectivity index (χ0v) is 18.2. The highest BCUT2D eigenvalue weighted by Crippen LogP contribution is 2.19. The quantitative estimate of drug-likeness (QED) is 0.176. The van der Waals surface area contributed by atoms with Crippen molar-refractivity contribution < 1.29 is 13.2 Å². The monoisotopic (exact) mass is 475 g/mol. The number of ether oxygens (including phenoxy) is 1. The molecule has 6 nitrogen and oxygen atoms in total. The molecule has 1 aliphatic carbocycles. The molecule has 2 N–H and O–H groups in total. The highest BCUT2D eigenvalue weighted by molar-refractivity contribution is 14.0. The number of sulfone groups is 1. The summed E-state index contributed by atoms with van der Waals surface area (Å²) in [4.78, 5) is 4.39. The third-order valence-corrected chi connectivity index (χ3v) is 4.87. The van der Waals surface area contributed by atoms with Crippen LogP contribution in [0.4, 0.5) is 0 Å². The molecule has 0 spiro atoms. The number of aliphatic imine (C=N–C) groups is 1. The van der Waals surface area contributed by atoms with E-state index in [2.05, 4.69) is 15.6 Å². The number of guanidine groups is 1. The Balaban J connectivity index is 0.00000529. The van der Waals surface area contributed by atoms with Crippen molar-refractivity contribution in [2.45, 2.75) is 58.0 Å². The van der Waals surface area contributed by atoms with Crippen LogP contribution < -0.4 is 10.6 Å². The molecule has 1 fully saturated rings. The fourth-order valence-electron chi connectivity index (χ4n) is 2.66. The fourth-order valence-corrected chi connectivity index (χ4v) is 3.32. The maximum Gasteiger partial charge on any atom is 0.191 e. The molecule has 0 bridgehead atoms. The molecule has 24 heavy (non-hydrogen) atoms. The summed E-state index contributed by atoms with van der Waals surface area (Å²) in [7, 11) is -2.90. The summed E-state index contributed by atoms with van der Waals surface area (Å²) in [5, 5.41) is 6.40. The molecule has 1 rings (SSSR count). The summed E-state index contributed by atoms with van der Waals surface area (Å²) in [6.45, 7) is 4.69. The molecule has 1 aliphatic rings. The van der Waals surface area contributed by atoms with Gasteiger partial charge in [-0.3, -0.25) is 4.99 Å². The molecule has 0 radical (unpaired) electrons. The summed E-state index contributed by atoms with van der Waals surface area (Å²) in [5.74, 6) is 0.909. The average molecular weight is 475 g/mol. The molecule has 144 valence electrons. The SMILES string of the molecule is CCNC(=NCCCS(C)(=O)=O)NCCOC1CCCCCC1.I. The maximum absolute atomic E-state index is 11.1. The van der Waals surface area contributed by atoms with E-state index in [0.717, 1.165) is 12.5 Å². The van der Waals surface area contributed by atoms with Crippen LogP contribution in [0.25, 0.3) is 0 Å². The van der Waals surface area contributed by atoms with Crippen LogP contribution in [-0.2, 0) is 14.6 Å². The van der Waals surface area contributed by atoms with E-state index in [4.69, 9.17) is 4.74 Å². The Morgan fingerprint density at radius 3 is 2.42 bits per heavy atom. The summed E-state index contributed by atoms with van der Waals surface area (Å²) >= 11 is 0. The smallest absolute Gasteiger partial charge is 0.191 e. The second-order valence-corrected chi connectivity index (χ2v) is 8.41. The first-order chi connectivity index (χ1) is 11.0. The number of nitrogens with one attached hydrogen (secondary N) is 2. The topological polar surface area (TPSA) is 79.8 Å². The van der Waals surface area contributed by atoms with Crippen LogP contribution in [0.3, 0.4) is 0 Å². The van der Waals surface area contributed by atoms with E-state index < -0.39 is 9.84 Å². The second-order valence-electron chi connectivity index (χ2n) is 6.16. The summed E-state index contributed by atoms with van der Waals surface area (Å²) < 4.78 is 28.1. The molecule has 0 aromatic heterocycles. The Bertz CT molecular complexity index is 436. The number of halogens is 1. The molecule has 0 aromatic carbocycles. The summed E-state index contributed by atoms with van der Waals surface area (Å²) in [5.41, 5.74) is 0. The molecule has 0 aliphatic heterocycles. The Morgan fingerprint density at radius 2 is 1.83 bits per heavy atom. The van der Waals surface area contributed by atoms with E-state index in [1.807, 2.05) is 6.92 Å². The average Bonchev–Trinajstić information content (AvgIpc) is 2.75. The van der Waals surface area contributed by atoms with Gasteiger partial charge in [0.2, 0.25) is 0 Å². The van der Waals surface area contributed by atoms with Crippen LogP contribution in [0, 0.1) is 0 Å². The fraction of sp³-hybridized carbons (Fsp3) is 0.938. The van der Waals surface area contributed by atoms with Crippen molar-refractivity contribution in [2.24, 2.45) is 4.99 Å². The molecule has 0 amide bonds. The van der Waals surface area contributed by atoms with Crippen LogP contribution in [0.5, 0.6) is 0 Å². The van der Waals surface area contributed by atoms with Gasteiger partial charge in [0.25, 0.3) is 0 Å². The lowest BCUT2D eigenvalue weighted by Gasteiger charge is -2.16. The third kappa shape index (κ3) is 13.2. The largest absolute Gasteiger partial charge is 0.376 e. The lowest BCUT2D eigenvalue weighted by atomic mass is 10.1. The van der Waals surface area contributed by atoms with Gasteiger partial charge in [-0.1, -0.05) is 25.7 Å². The van der Waals surface area contributed by atoms with Gasteiger partial charge in [-0.15, -0.1) is 24.0 Å². The van der Waals surface area contributed by atoms with Crippen LogP contribution in [0.2, 0.25) is 0 Å². The van der Waals surface area contributed by atoms with Gasteiger partial charge >= 0.3 is 0 Å². The van der Waals surface area contributed by atoms with Gasteiger partial charge in [0.15, 0.2) is 5.96 Å². The van der Waals surface area contributed by atoms with Gasteiger partial charge in [-0.05, 0) is 26.2 Å². The standard InChI is InChI=1S/C16H33N3O3S.HI/c1-3-17-16(18-11-8-14-23(2,20)21)19-12-13-22-15-9-6-4-5-7-10-15;/h15H,3-14H2,1-2H3,(H2,17,18,19);1H. The first-order valence-electron chi connectivity index (χ1n) is 8.83. The molecular formula is C16H34IN3O3S. The number of hydrogen-bond donors (Lipinski definition) is 2. The van der Waals surface area contributed by atoms with Gasteiger partial charge in [0.05, 0.1) is 18.5 Å². The van der Waals surface area contributed by atoms with Gasteiger partial charge in [-0.25, -0.2) is 8.42 Å². The van der Waals surface area contributed by atoms with E-state index in [0.29, 0.717) is 32.2 Å². The minimum absolute atomic E-state index is 0. The second kappa shape index (κ2) is 14.1. The highest BCUT2D eigenvalue weighted by Gasteiger charge is 2.12. The third-order valence-electron chi connectivity index (χ3n) is 3.84. The predicted octanol–water partition coefficient (Wildman–Crippen LogP) is 2.33. The van der Waals surface area contributed by atoms with Crippen molar-refractivity contribution in [1.29, 1.82) is 0 Å². The number of rotatable bonds is 9. The minimum atomic E-state index is -2.90. The number of nitrogens with zero attached hydrogens (tertiary/aromatic N) is 1. The van der Waals surface area contributed by atoms with Gasteiger partial charge in [-0.2, -0.15) is 0 Å². The Kier molecular flexibility index (Phi) is 14.1. The Morgan fingerprint density at radius 1 is 1.17 bits per heavy atom. The zero-order chi connectivity index (χ0) is 17.0. The van der Waals surface area contributed by atoms with E-state index in [9.17, 15) is 8.42 Å².